The Labute approximate surface area is 208 Å². The fourth-order valence-electron chi connectivity index (χ4n) is 2.70. The molecule has 0 aromatic rings. The van der Waals surface area contributed by atoms with Crippen LogP contribution in [0.2, 0.25) is 0 Å². The van der Waals surface area contributed by atoms with Gasteiger partial charge in [-0.3, -0.25) is 14.5 Å². The quantitative estimate of drug-likeness (QED) is 0.118. The van der Waals surface area contributed by atoms with Crippen LogP contribution in [0.5, 0.6) is 0 Å². The number of imide groups is 1. The molecule has 11 nitrogen and oxygen atoms in total. The number of nitrogens with zero attached hydrogens (tertiary/aromatic N) is 1. The summed E-state index contributed by atoms with van der Waals surface area (Å²) in [6.07, 6.45) is 4.75. The Morgan fingerprint density at radius 2 is 0.771 bits per heavy atom. The molecule has 0 aliphatic carbocycles. The lowest BCUT2D eigenvalue weighted by Crippen LogP contribution is -2.33. The molecule has 1 aliphatic heterocycles. The summed E-state index contributed by atoms with van der Waals surface area (Å²) < 4.78 is 43.3. The Bertz CT molecular complexity index is 528. The van der Waals surface area contributed by atoms with Crippen molar-refractivity contribution >= 4 is 11.8 Å². The van der Waals surface area contributed by atoms with Gasteiger partial charge in [-0.1, -0.05) is 13.3 Å². The van der Waals surface area contributed by atoms with Gasteiger partial charge in [0, 0.05) is 18.8 Å². The van der Waals surface area contributed by atoms with Crippen LogP contribution in [0.15, 0.2) is 12.2 Å². The molecule has 0 N–H and O–H groups in total. The topological polar surface area (TPSA) is 111 Å². The number of carbonyl (C=O) groups is 2. The van der Waals surface area contributed by atoms with E-state index in [1.54, 1.807) is 0 Å². The van der Waals surface area contributed by atoms with Crippen LogP contribution in [0.4, 0.5) is 0 Å². The van der Waals surface area contributed by atoms with E-state index in [0.717, 1.165) is 24.3 Å². The predicted molar refractivity (Wildman–Crippen MR) is 127 cm³/mol. The first-order valence-electron chi connectivity index (χ1n) is 12.4. The lowest BCUT2D eigenvalue weighted by molar-refractivity contribution is -0.137. The van der Waals surface area contributed by atoms with Crippen LogP contribution < -0.4 is 0 Å². The van der Waals surface area contributed by atoms with Crippen molar-refractivity contribution in [1.29, 1.82) is 0 Å². The minimum atomic E-state index is -0.301. The van der Waals surface area contributed by atoms with Crippen molar-refractivity contribution in [2.45, 2.75) is 19.8 Å². The Balaban J connectivity index is 1.65. The number of unbranched alkanes of at least 4 members (excludes halogenated alkanes) is 1. The zero-order valence-electron chi connectivity index (χ0n) is 21.1. The third-order valence-electron chi connectivity index (χ3n) is 4.61. The summed E-state index contributed by atoms with van der Waals surface area (Å²) in [5.41, 5.74) is 0. The largest absolute Gasteiger partial charge is 0.379 e. The van der Waals surface area contributed by atoms with E-state index >= 15 is 0 Å². The summed E-state index contributed by atoms with van der Waals surface area (Å²) in [5.74, 6) is -0.601. The monoisotopic (exact) mass is 505 g/mol. The minimum Gasteiger partial charge on any atom is -0.379 e. The molecule has 0 saturated carbocycles. The summed E-state index contributed by atoms with van der Waals surface area (Å²) in [7, 11) is 0. The van der Waals surface area contributed by atoms with E-state index in [1.165, 1.54) is 12.2 Å². The highest BCUT2D eigenvalue weighted by atomic mass is 16.6. The van der Waals surface area contributed by atoms with Crippen LogP contribution in [0.25, 0.3) is 0 Å². The van der Waals surface area contributed by atoms with E-state index in [2.05, 4.69) is 6.92 Å². The smallest absolute Gasteiger partial charge is 0.253 e. The molecular formula is C24H43NO10. The number of carbonyl (C=O) groups excluding carboxylic acids is 2. The molecule has 0 bridgehead atoms. The molecule has 0 fully saturated rings. The average molecular weight is 506 g/mol. The Kier molecular flexibility index (Phi) is 21.9. The molecule has 0 atom stereocenters. The fourth-order valence-corrected chi connectivity index (χ4v) is 2.70. The van der Waals surface area contributed by atoms with Crippen molar-refractivity contribution < 1.29 is 47.5 Å². The van der Waals surface area contributed by atoms with E-state index in [-0.39, 0.29) is 25.0 Å². The van der Waals surface area contributed by atoms with Crippen LogP contribution in [0.3, 0.4) is 0 Å². The second kappa shape index (κ2) is 24.3. The van der Waals surface area contributed by atoms with Crippen LogP contribution >= 0.6 is 0 Å². The highest BCUT2D eigenvalue weighted by molar-refractivity contribution is 6.12. The first kappa shape index (κ1) is 31.6. The summed E-state index contributed by atoms with van der Waals surface area (Å²) in [6, 6.07) is 0. The zero-order valence-corrected chi connectivity index (χ0v) is 21.1. The van der Waals surface area contributed by atoms with Crippen molar-refractivity contribution in [3.05, 3.63) is 12.2 Å². The maximum Gasteiger partial charge on any atom is 0.253 e. The molecule has 1 rings (SSSR count). The third kappa shape index (κ3) is 19.4. The van der Waals surface area contributed by atoms with Gasteiger partial charge in [0.25, 0.3) is 11.8 Å². The van der Waals surface area contributed by atoms with E-state index in [4.69, 9.17) is 37.9 Å². The van der Waals surface area contributed by atoms with Gasteiger partial charge in [0.2, 0.25) is 0 Å². The van der Waals surface area contributed by atoms with Crippen LogP contribution in [0.1, 0.15) is 19.8 Å². The minimum absolute atomic E-state index is 0.248. The number of hydrogen-bond donors (Lipinski definition) is 0. The van der Waals surface area contributed by atoms with Gasteiger partial charge in [-0.2, -0.15) is 0 Å². The second-order valence-corrected chi connectivity index (χ2v) is 7.41. The highest BCUT2D eigenvalue weighted by Crippen LogP contribution is 2.02. The van der Waals surface area contributed by atoms with Crippen LogP contribution in [0, 0.1) is 0 Å². The molecule has 0 aromatic heterocycles. The summed E-state index contributed by atoms with van der Waals surface area (Å²) in [6.45, 7) is 10.6. The van der Waals surface area contributed by atoms with E-state index < -0.39 is 0 Å². The van der Waals surface area contributed by atoms with Crippen molar-refractivity contribution in [3.8, 4) is 0 Å². The van der Waals surface area contributed by atoms with Crippen molar-refractivity contribution in [3.63, 3.8) is 0 Å². The molecular weight excluding hydrogens is 462 g/mol. The second-order valence-electron chi connectivity index (χ2n) is 7.41. The number of hydrogen-bond acceptors (Lipinski definition) is 10. The first-order chi connectivity index (χ1) is 17.3. The zero-order chi connectivity index (χ0) is 25.2. The standard InChI is InChI=1S/C24H43NO10/c1-2-3-7-28-9-11-30-13-15-32-17-19-34-21-22-35-20-18-33-16-14-31-12-10-29-8-6-25-23(26)4-5-24(25)27/h4-5H,2-3,6-22H2,1H3. The van der Waals surface area contributed by atoms with E-state index in [1.807, 2.05) is 0 Å². The maximum atomic E-state index is 11.4. The molecule has 35 heavy (non-hydrogen) atoms. The summed E-state index contributed by atoms with van der Waals surface area (Å²) in [4.78, 5) is 23.9. The summed E-state index contributed by atoms with van der Waals surface area (Å²) >= 11 is 0. The van der Waals surface area contributed by atoms with Gasteiger partial charge in [-0.15, -0.1) is 0 Å². The summed E-state index contributed by atoms with van der Waals surface area (Å²) in [5, 5.41) is 0. The molecule has 0 aromatic carbocycles. The molecule has 2 amide bonds. The van der Waals surface area contributed by atoms with Gasteiger partial charge in [0.05, 0.1) is 106 Å². The van der Waals surface area contributed by atoms with Gasteiger partial charge in [-0.05, 0) is 6.42 Å². The fraction of sp³-hybridized carbons (Fsp3) is 0.833. The lowest BCUT2D eigenvalue weighted by atomic mass is 10.4. The Morgan fingerprint density at radius 3 is 1.09 bits per heavy atom. The Hall–Kier alpha value is -1.44. The molecule has 1 heterocycles. The number of rotatable bonds is 27. The normalized spacial score (nSPS) is 13.5. The van der Waals surface area contributed by atoms with Crippen molar-refractivity contribution in [1.82, 2.24) is 4.90 Å². The third-order valence-corrected chi connectivity index (χ3v) is 4.61. The molecule has 0 saturated heterocycles. The van der Waals surface area contributed by atoms with Gasteiger partial charge in [-0.25, -0.2) is 0 Å². The van der Waals surface area contributed by atoms with E-state index in [9.17, 15) is 9.59 Å². The SMILES string of the molecule is CCCCOCCOCCOCCOCCOCCOCCOCCOCCN1C(=O)C=CC1=O. The molecule has 0 radical (unpaired) electrons. The average Bonchev–Trinajstić information content (AvgIpc) is 3.18. The highest BCUT2D eigenvalue weighted by Gasteiger charge is 2.22. The van der Waals surface area contributed by atoms with Gasteiger partial charge in [0.15, 0.2) is 0 Å². The molecule has 204 valence electrons. The lowest BCUT2D eigenvalue weighted by Gasteiger charge is -2.13. The first-order valence-corrected chi connectivity index (χ1v) is 12.4. The van der Waals surface area contributed by atoms with Gasteiger partial charge >= 0.3 is 0 Å². The Morgan fingerprint density at radius 1 is 0.486 bits per heavy atom. The van der Waals surface area contributed by atoms with Crippen molar-refractivity contribution in [2.24, 2.45) is 0 Å². The van der Waals surface area contributed by atoms with E-state index in [0.29, 0.717) is 92.5 Å². The molecule has 1 aliphatic rings. The molecule has 0 spiro atoms. The van der Waals surface area contributed by atoms with Gasteiger partial charge < -0.3 is 37.9 Å². The predicted octanol–water partition coefficient (Wildman–Crippen LogP) is 0.844. The van der Waals surface area contributed by atoms with Crippen LogP contribution in [-0.2, 0) is 47.5 Å². The number of amides is 2. The van der Waals surface area contributed by atoms with Crippen molar-refractivity contribution in [2.75, 3.05) is 112 Å². The van der Waals surface area contributed by atoms with Gasteiger partial charge in [0.1, 0.15) is 0 Å². The molecule has 11 heteroatoms. The molecule has 0 unspecified atom stereocenters. The maximum absolute atomic E-state index is 11.4. The number of ether oxygens (including phenoxy) is 8. The van der Waals surface area contributed by atoms with Crippen LogP contribution in [-0.4, -0.2) is 129 Å².